The van der Waals surface area contributed by atoms with Gasteiger partial charge in [0.2, 0.25) is 0 Å². The fourth-order valence-electron chi connectivity index (χ4n) is 2.71. The van der Waals surface area contributed by atoms with Crippen LogP contribution in [0, 0.1) is 5.92 Å². The monoisotopic (exact) mass is 356 g/mol. The van der Waals surface area contributed by atoms with Gasteiger partial charge in [0.25, 0.3) is 0 Å². The van der Waals surface area contributed by atoms with E-state index in [1.54, 1.807) is 0 Å². The van der Waals surface area contributed by atoms with Gasteiger partial charge in [-0.3, -0.25) is 0 Å². The Labute approximate surface area is 153 Å². The maximum atomic E-state index is 6.02. The second-order valence-corrected chi connectivity index (χ2v) is 10.7. The molecule has 0 N–H and O–H groups in total. The summed E-state index contributed by atoms with van der Waals surface area (Å²) in [5.74, 6) is 0.548. The van der Waals surface area contributed by atoms with Gasteiger partial charge in [-0.05, 0) is 24.6 Å². The minimum absolute atomic E-state index is 0.548. The quantitative estimate of drug-likeness (QED) is 0.191. The van der Waals surface area contributed by atoms with E-state index in [1.165, 1.54) is 70.6 Å². The van der Waals surface area contributed by atoms with Gasteiger partial charge >= 0.3 is 8.56 Å². The van der Waals surface area contributed by atoms with Crippen LogP contribution in [0.1, 0.15) is 97.8 Å². The van der Waals surface area contributed by atoms with Crippen molar-refractivity contribution in [1.29, 1.82) is 0 Å². The van der Waals surface area contributed by atoms with Gasteiger partial charge in [-0.2, -0.15) is 0 Å². The summed E-state index contributed by atoms with van der Waals surface area (Å²) in [7, 11) is -2.12. The molecule has 0 aliphatic rings. The molecular weight excluding hydrogens is 312 g/mol. The molecule has 0 heterocycles. The Morgan fingerprint density at radius 1 is 0.792 bits per heavy atom. The lowest BCUT2D eigenvalue weighted by Crippen LogP contribution is -2.38. The SMILES string of the molecule is C=C[Si](C)(OCCCCCCCCCCCCCC)OCC(C)C. The second-order valence-electron chi connectivity index (χ2n) is 7.66. The van der Waals surface area contributed by atoms with Crippen molar-refractivity contribution in [2.45, 2.75) is 104 Å². The van der Waals surface area contributed by atoms with Crippen LogP contribution in [0.3, 0.4) is 0 Å². The summed E-state index contributed by atoms with van der Waals surface area (Å²) >= 11 is 0. The Hall–Kier alpha value is -0.123. The molecule has 2 nitrogen and oxygen atoms in total. The first-order valence-electron chi connectivity index (χ1n) is 10.5. The van der Waals surface area contributed by atoms with Crippen LogP contribution in [0.4, 0.5) is 0 Å². The molecular formula is C21H44O2Si. The van der Waals surface area contributed by atoms with Crippen molar-refractivity contribution in [3.05, 3.63) is 12.3 Å². The number of rotatable bonds is 18. The van der Waals surface area contributed by atoms with Gasteiger partial charge in [-0.15, -0.1) is 6.58 Å². The molecule has 0 aromatic heterocycles. The predicted molar refractivity (Wildman–Crippen MR) is 110 cm³/mol. The number of hydrogen-bond acceptors (Lipinski definition) is 2. The van der Waals surface area contributed by atoms with E-state index in [9.17, 15) is 0 Å². The molecule has 0 spiro atoms. The fraction of sp³-hybridized carbons (Fsp3) is 0.905. The molecule has 1 unspecified atom stereocenters. The first-order valence-corrected chi connectivity index (χ1v) is 12.8. The lowest BCUT2D eigenvalue weighted by molar-refractivity contribution is 0.164. The molecule has 0 rings (SSSR count). The highest BCUT2D eigenvalue weighted by molar-refractivity contribution is 6.71. The van der Waals surface area contributed by atoms with E-state index in [-0.39, 0.29) is 0 Å². The van der Waals surface area contributed by atoms with Crippen molar-refractivity contribution >= 4 is 8.56 Å². The lowest BCUT2D eigenvalue weighted by atomic mass is 10.1. The molecule has 0 bridgehead atoms. The molecule has 0 aliphatic carbocycles. The molecule has 0 aromatic carbocycles. The van der Waals surface area contributed by atoms with Crippen molar-refractivity contribution in [1.82, 2.24) is 0 Å². The van der Waals surface area contributed by atoms with Crippen LogP contribution in [-0.4, -0.2) is 21.8 Å². The van der Waals surface area contributed by atoms with Crippen LogP contribution in [-0.2, 0) is 8.85 Å². The van der Waals surface area contributed by atoms with E-state index >= 15 is 0 Å². The highest BCUT2D eigenvalue weighted by Crippen LogP contribution is 2.14. The molecule has 0 aliphatic heterocycles. The zero-order chi connectivity index (χ0) is 18.1. The third-order valence-corrected chi connectivity index (χ3v) is 6.72. The minimum Gasteiger partial charge on any atom is -0.391 e. The zero-order valence-corrected chi connectivity index (χ0v) is 18.1. The zero-order valence-electron chi connectivity index (χ0n) is 17.1. The first-order chi connectivity index (χ1) is 11.5. The molecule has 0 radical (unpaired) electrons. The summed E-state index contributed by atoms with van der Waals surface area (Å²) < 4.78 is 12.0. The van der Waals surface area contributed by atoms with Crippen molar-refractivity contribution in [2.24, 2.45) is 5.92 Å². The van der Waals surface area contributed by atoms with Gasteiger partial charge in [0.1, 0.15) is 0 Å². The fourth-order valence-corrected chi connectivity index (χ4v) is 4.24. The average Bonchev–Trinajstić information content (AvgIpc) is 2.57. The largest absolute Gasteiger partial charge is 0.391 e. The van der Waals surface area contributed by atoms with Gasteiger partial charge in [0.15, 0.2) is 0 Å². The third-order valence-electron chi connectivity index (χ3n) is 4.46. The summed E-state index contributed by atoms with van der Waals surface area (Å²) in [6.07, 6.45) is 16.5. The van der Waals surface area contributed by atoms with E-state index in [1.807, 2.05) is 5.70 Å². The highest BCUT2D eigenvalue weighted by atomic mass is 28.4. The molecule has 24 heavy (non-hydrogen) atoms. The first kappa shape index (κ1) is 23.9. The molecule has 0 amide bonds. The summed E-state index contributed by atoms with van der Waals surface area (Å²) in [6.45, 7) is 14.2. The maximum absolute atomic E-state index is 6.02. The molecule has 0 fully saturated rings. The maximum Gasteiger partial charge on any atom is 0.361 e. The molecule has 3 heteroatoms. The van der Waals surface area contributed by atoms with Crippen molar-refractivity contribution in [3.8, 4) is 0 Å². The van der Waals surface area contributed by atoms with Crippen LogP contribution in [0.15, 0.2) is 12.3 Å². The normalized spacial score (nSPS) is 14.0. The van der Waals surface area contributed by atoms with Crippen molar-refractivity contribution in [3.63, 3.8) is 0 Å². The lowest BCUT2D eigenvalue weighted by Gasteiger charge is -2.24. The van der Waals surface area contributed by atoms with Gasteiger partial charge in [0.05, 0.1) is 0 Å². The Bertz CT molecular complexity index is 281. The average molecular weight is 357 g/mol. The van der Waals surface area contributed by atoms with E-state index in [2.05, 4.69) is 33.9 Å². The van der Waals surface area contributed by atoms with Crippen LogP contribution in [0.5, 0.6) is 0 Å². The Balaban J connectivity index is 3.38. The van der Waals surface area contributed by atoms with Gasteiger partial charge < -0.3 is 8.85 Å². The summed E-state index contributed by atoms with van der Waals surface area (Å²) in [5.41, 5.74) is 1.91. The summed E-state index contributed by atoms with van der Waals surface area (Å²) in [4.78, 5) is 0. The molecule has 0 aromatic rings. The number of hydrogen-bond donors (Lipinski definition) is 0. The van der Waals surface area contributed by atoms with E-state index in [4.69, 9.17) is 8.85 Å². The molecule has 0 saturated carbocycles. The molecule has 144 valence electrons. The Kier molecular flexibility index (Phi) is 16.3. The standard InChI is InChI=1S/C21H44O2Si/c1-6-8-9-10-11-12-13-14-15-16-17-18-19-22-24(5,7-2)23-20-21(3)4/h7,21H,2,6,8-20H2,1,3-5H3. The molecule has 0 saturated heterocycles. The summed E-state index contributed by atoms with van der Waals surface area (Å²) in [6, 6.07) is 0. The Morgan fingerprint density at radius 2 is 1.25 bits per heavy atom. The Morgan fingerprint density at radius 3 is 1.67 bits per heavy atom. The highest BCUT2D eigenvalue weighted by Gasteiger charge is 2.27. The van der Waals surface area contributed by atoms with Crippen molar-refractivity contribution in [2.75, 3.05) is 13.2 Å². The van der Waals surface area contributed by atoms with Crippen LogP contribution < -0.4 is 0 Å². The van der Waals surface area contributed by atoms with Gasteiger partial charge in [-0.25, -0.2) is 0 Å². The summed E-state index contributed by atoms with van der Waals surface area (Å²) in [5, 5.41) is 0. The topological polar surface area (TPSA) is 18.5 Å². The van der Waals surface area contributed by atoms with Crippen molar-refractivity contribution < 1.29 is 8.85 Å². The van der Waals surface area contributed by atoms with E-state index < -0.39 is 8.56 Å². The predicted octanol–water partition coefficient (Wildman–Crippen LogP) is 7.17. The number of unbranched alkanes of at least 4 members (excludes halogenated alkanes) is 11. The van der Waals surface area contributed by atoms with E-state index in [0.29, 0.717) is 5.92 Å². The van der Waals surface area contributed by atoms with Gasteiger partial charge in [0, 0.05) is 13.2 Å². The minimum atomic E-state index is -2.12. The van der Waals surface area contributed by atoms with Crippen LogP contribution in [0.2, 0.25) is 6.55 Å². The van der Waals surface area contributed by atoms with E-state index in [0.717, 1.165) is 19.6 Å². The molecule has 1 atom stereocenters. The van der Waals surface area contributed by atoms with Crippen LogP contribution in [0.25, 0.3) is 0 Å². The smallest absolute Gasteiger partial charge is 0.361 e. The third kappa shape index (κ3) is 15.4. The van der Waals surface area contributed by atoms with Crippen LogP contribution >= 0.6 is 0 Å². The second kappa shape index (κ2) is 16.4. The van der Waals surface area contributed by atoms with Gasteiger partial charge in [-0.1, -0.05) is 91.4 Å².